The van der Waals surface area contributed by atoms with Gasteiger partial charge in [-0.2, -0.15) is 5.10 Å². The Morgan fingerprint density at radius 1 is 0.935 bits per heavy atom. The number of guanidine groups is 1. The van der Waals surface area contributed by atoms with Gasteiger partial charge in [0.2, 0.25) is 0 Å². The van der Waals surface area contributed by atoms with E-state index in [1.807, 2.05) is 11.7 Å². The van der Waals surface area contributed by atoms with Crippen LogP contribution in [0.2, 0.25) is 0 Å². The zero-order chi connectivity index (χ0) is 20.6. The van der Waals surface area contributed by atoms with E-state index < -0.39 is 0 Å². The molecule has 4 rings (SSSR count). The number of halogens is 1. The van der Waals surface area contributed by atoms with Crippen molar-refractivity contribution in [2.45, 2.75) is 19.6 Å². The van der Waals surface area contributed by atoms with Gasteiger partial charge in [0.05, 0.1) is 6.54 Å². The van der Waals surface area contributed by atoms with Gasteiger partial charge in [0, 0.05) is 46.3 Å². The highest BCUT2D eigenvalue weighted by molar-refractivity contribution is 14.0. The van der Waals surface area contributed by atoms with Crippen LogP contribution in [0, 0.1) is 0 Å². The van der Waals surface area contributed by atoms with Gasteiger partial charge in [-0.3, -0.25) is 9.89 Å². The van der Waals surface area contributed by atoms with Crippen LogP contribution in [0.1, 0.15) is 16.7 Å². The maximum atomic E-state index is 4.51. The van der Waals surface area contributed by atoms with E-state index in [1.165, 1.54) is 16.7 Å². The van der Waals surface area contributed by atoms with Gasteiger partial charge in [-0.05, 0) is 16.7 Å². The SMILES string of the molecule is CN=C(NCc1cccc(Cn2cncn2)c1)N1CCN(Cc2ccccc2)CC1.I. The normalized spacial score (nSPS) is 14.9. The number of piperazine rings is 1. The van der Waals surface area contributed by atoms with E-state index in [0.29, 0.717) is 0 Å². The first-order valence-corrected chi connectivity index (χ1v) is 10.4. The fourth-order valence-electron chi connectivity index (χ4n) is 3.81. The van der Waals surface area contributed by atoms with Crippen molar-refractivity contribution < 1.29 is 0 Å². The molecule has 2 heterocycles. The van der Waals surface area contributed by atoms with Crippen molar-refractivity contribution in [2.75, 3.05) is 33.2 Å². The van der Waals surface area contributed by atoms with Crippen molar-refractivity contribution in [1.29, 1.82) is 0 Å². The van der Waals surface area contributed by atoms with E-state index in [-0.39, 0.29) is 24.0 Å². The summed E-state index contributed by atoms with van der Waals surface area (Å²) >= 11 is 0. The van der Waals surface area contributed by atoms with Crippen LogP contribution in [0.15, 0.2) is 72.2 Å². The van der Waals surface area contributed by atoms with Crippen molar-refractivity contribution in [3.63, 3.8) is 0 Å². The van der Waals surface area contributed by atoms with Crippen LogP contribution in [-0.2, 0) is 19.6 Å². The first-order chi connectivity index (χ1) is 14.8. The summed E-state index contributed by atoms with van der Waals surface area (Å²) in [5.74, 6) is 0.969. The minimum atomic E-state index is 0. The Morgan fingerprint density at radius 2 is 1.68 bits per heavy atom. The lowest BCUT2D eigenvalue weighted by Crippen LogP contribution is -2.52. The summed E-state index contributed by atoms with van der Waals surface area (Å²) in [6, 6.07) is 19.2. The number of aromatic nitrogens is 3. The van der Waals surface area contributed by atoms with Gasteiger partial charge in [-0.1, -0.05) is 54.6 Å². The van der Waals surface area contributed by atoms with Crippen LogP contribution in [0.4, 0.5) is 0 Å². The molecule has 31 heavy (non-hydrogen) atoms. The Morgan fingerprint density at radius 3 is 2.39 bits per heavy atom. The monoisotopic (exact) mass is 531 g/mol. The number of rotatable bonds is 6. The predicted octanol–water partition coefficient (Wildman–Crippen LogP) is 2.84. The second-order valence-corrected chi connectivity index (χ2v) is 7.56. The molecule has 7 nitrogen and oxygen atoms in total. The maximum Gasteiger partial charge on any atom is 0.194 e. The number of aliphatic imine (C=N–C) groups is 1. The van der Waals surface area contributed by atoms with Crippen LogP contribution in [0.3, 0.4) is 0 Å². The van der Waals surface area contributed by atoms with Gasteiger partial charge in [-0.25, -0.2) is 9.67 Å². The Balaban J connectivity index is 0.00000272. The van der Waals surface area contributed by atoms with Crippen LogP contribution >= 0.6 is 24.0 Å². The summed E-state index contributed by atoms with van der Waals surface area (Å²) in [5.41, 5.74) is 3.82. The lowest BCUT2D eigenvalue weighted by molar-refractivity contribution is 0.172. The van der Waals surface area contributed by atoms with Crippen molar-refractivity contribution >= 4 is 29.9 Å². The molecule has 0 bridgehead atoms. The first kappa shape index (κ1) is 23.2. The largest absolute Gasteiger partial charge is 0.352 e. The number of benzene rings is 2. The number of nitrogens with one attached hydrogen (secondary N) is 1. The highest BCUT2D eigenvalue weighted by Crippen LogP contribution is 2.10. The average molecular weight is 531 g/mol. The van der Waals surface area contributed by atoms with Crippen molar-refractivity contribution in [3.05, 3.63) is 83.9 Å². The van der Waals surface area contributed by atoms with Gasteiger partial charge in [0.15, 0.2) is 5.96 Å². The van der Waals surface area contributed by atoms with Crippen molar-refractivity contribution in [2.24, 2.45) is 4.99 Å². The van der Waals surface area contributed by atoms with Gasteiger partial charge in [0.1, 0.15) is 12.7 Å². The molecule has 0 aliphatic carbocycles. The molecule has 1 aliphatic rings. The maximum absolute atomic E-state index is 4.51. The van der Waals surface area contributed by atoms with E-state index in [4.69, 9.17) is 0 Å². The minimum absolute atomic E-state index is 0. The lowest BCUT2D eigenvalue weighted by Gasteiger charge is -2.36. The molecular formula is C23H30IN7. The number of hydrogen-bond acceptors (Lipinski definition) is 4. The van der Waals surface area contributed by atoms with Crippen LogP contribution in [0.5, 0.6) is 0 Å². The molecule has 1 aliphatic heterocycles. The van der Waals surface area contributed by atoms with E-state index in [1.54, 1.807) is 12.7 Å². The molecule has 1 fully saturated rings. The molecule has 0 atom stereocenters. The molecule has 0 spiro atoms. The van der Waals surface area contributed by atoms with E-state index in [0.717, 1.165) is 51.8 Å². The summed E-state index contributed by atoms with van der Waals surface area (Å²) in [6.45, 7) is 6.55. The van der Waals surface area contributed by atoms with Crippen molar-refractivity contribution in [3.8, 4) is 0 Å². The molecule has 0 unspecified atom stereocenters. The van der Waals surface area contributed by atoms with E-state index >= 15 is 0 Å². The van der Waals surface area contributed by atoms with Gasteiger partial charge in [-0.15, -0.1) is 24.0 Å². The Labute approximate surface area is 201 Å². The van der Waals surface area contributed by atoms with Crippen molar-refractivity contribution in [1.82, 2.24) is 29.9 Å². The van der Waals surface area contributed by atoms with Crippen LogP contribution in [0.25, 0.3) is 0 Å². The Hall–Kier alpha value is -2.46. The molecule has 0 saturated carbocycles. The quantitative estimate of drug-likeness (QED) is 0.301. The molecule has 8 heteroatoms. The van der Waals surface area contributed by atoms with Gasteiger partial charge in [0.25, 0.3) is 0 Å². The Kier molecular flexibility index (Phi) is 8.84. The van der Waals surface area contributed by atoms with Crippen LogP contribution in [-0.4, -0.2) is 63.8 Å². The molecule has 1 saturated heterocycles. The minimum Gasteiger partial charge on any atom is -0.352 e. The van der Waals surface area contributed by atoms with Gasteiger partial charge < -0.3 is 10.2 Å². The number of nitrogens with zero attached hydrogens (tertiary/aromatic N) is 6. The zero-order valence-corrected chi connectivity index (χ0v) is 20.2. The third-order valence-corrected chi connectivity index (χ3v) is 5.39. The molecule has 1 aromatic heterocycles. The fourth-order valence-corrected chi connectivity index (χ4v) is 3.81. The molecule has 3 aromatic rings. The van der Waals surface area contributed by atoms with Crippen LogP contribution < -0.4 is 5.32 Å². The second kappa shape index (κ2) is 11.8. The number of hydrogen-bond donors (Lipinski definition) is 1. The summed E-state index contributed by atoms with van der Waals surface area (Å²) in [5, 5.41) is 7.71. The molecule has 2 aromatic carbocycles. The predicted molar refractivity (Wildman–Crippen MR) is 134 cm³/mol. The fraction of sp³-hybridized carbons (Fsp3) is 0.348. The summed E-state index contributed by atoms with van der Waals surface area (Å²) in [6.07, 6.45) is 3.30. The average Bonchev–Trinajstić information content (AvgIpc) is 3.29. The summed E-state index contributed by atoms with van der Waals surface area (Å²) < 4.78 is 1.83. The summed E-state index contributed by atoms with van der Waals surface area (Å²) in [7, 11) is 1.86. The van der Waals surface area contributed by atoms with E-state index in [9.17, 15) is 0 Å². The molecular weight excluding hydrogens is 501 g/mol. The van der Waals surface area contributed by atoms with Gasteiger partial charge >= 0.3 is 0 Å². The third kappa shape index (κ3) is 6.76. The topological polar surface area (TPSA) is 61.6 Å². The molecule has 1 N–H and O–H groups in total. The highest BCUT2D eigenvalue weighted by atomic mass is 127. The summed E-state index contributed by atoms with van der Waals surface area (Å²) in [4.78, 5) is 13.4. The Bertz CT molecular complexity index is 936. The second-order valence-electron chi connectivity index (χ2n) is 7.56. The zero-order valence-electron chi connectivity index (χ0n) is 17.9. The highest BCUT2D eigenvalue weighted by Gasteiger charge is 2.19. The first-order valence-electron chi connectivity index (χ1n) is 10.4. The third-order valence-electron chi connectivity index (χ3n) is 5.39. The molecule has 0 amide bonds. The smallest absolute Gasteiger partial charge is 0.194 e. The van der Waals surface area contributed by atoms with E-state index in [2.05, 4.69) is 84.8 Å². The standard InChI is InChI=1S/C23H29N7.HI/c1-24-23(29-12-10-28(11-13-29)16-20-6-3-2-4-7-20)26-15-21-8-5-9-22(14-21)17-30-19-25-18-27-30;/h2-9,14,18-19H,10-13,15-17H2,1H3,(H,24,26);1H. The molecule has 0 radical (unpaired) electrons. The molecule has 164 valence electrons. The lowest BCUT2D eigenvalue weighted by atomic mass is 10.1.